The van der Waals surface area contributed by atoms with Gasteiger partial charge in [0, 0.05) is 36.4 Å². The number of rotatable bonds is 4. The molecular formula is C26H24N2OS. The minimum Gasteiger partial charge on any atom is -0.336 e. The SMILES string of the molecule is O=C(c1ccc2sccc2c1)N1CCN(C(c2ccccc2)c2ccccc2)CC1. The predicted octanol–water partition coefficient (Wildman–Crippen LogP) is 5.45. The highest BCUT2D eigenvalue weighted by Gasteiger charge is 2.28. The minimum absolute atomic E-state index is 0.138. The third-order valence-corrected chi connectivity index (χ3v) is 6.79. The van der Waals surface area contributed by atoms with Gasteiger partial charge in [0.25, 0.3) is 5.91 Å². The summed E-state index contributed by atoms with van der Waals surface area (Å²) in [6.07, 6.45) is 0. The van der Waals surface area contributed by atoms with Crippen molar-refractivity contribution in [2.24, 2.45) is 0 Å². The molecule has 4 heteroatoms. The average molecular weight is 413 g/mol. The Balaban J connectivity index is 1.34. The summed E-state index contributed by atoms with van der Waals surface area (Å²) in [5, 5.41) is 3.23. The van der Waals surface area contributed by atoms with Crippen molar-refractivity contribution < 1.29 is 4.79 Å². The number of carbonyl (C=O) groups excluding carboxylic acids is 1. The van der Waals surface area contributed by atoms with E-state index in [0.717, 1.165) is 37.1 Å². The Labute approximate surface area is 181 Å². The molecule has 1 amide bonds. The summed E-state index contributed by atoms with van der Waals surface area (Å²) < 4.78 is 1.23. The highest BCUT2D eigenvalue weighted by Crippen LogP contribution is 2.30. The number of carbonyl (C=O) groups is 1. The molecule has 0 spiro atoms. The van der Waals surface area contributed by atoms with Crippen LogP contribution in [0.1, 0.15) is 27.5 Å². The fourth-order valence-corrected chi connectivity index (χ4v) is 5.12. The van der Waals surface area contributed by atoms with Crippen molar-refractivity contribution in [3.05, 3.63) is 107 Å². The van der Waals surface area contributed by atoms with Gasteiger partial charge in [-0.2, -0.15) is 0 Å². The fraction of sp³-hybridized carbons (Fsp3) is 0.192. The van der Waals surface area contributed by atoms with E-state index >= 15 is 0 Å². The Kier molecular flexibility index (Phi) is 5.35. The second-order valence-electron chi connectivity index (χ2n) is 7.73. The molecular weight excluding hydrogens is 388 g/mol. The first-order valence-corrected chi connectivity index (χ1v) is 11.3. The summed E-state index contributed by atoms with van der Waals surface area (Å²) in [5.41, 5.74) is 3.38. The summed E-state index contributed by atoms with van der Waals surface area (Å²) in [6, 6.07) is 29.7. The number of fused-ring (bicyclic) bond motifs is 1. The van der Waals surface area contributed by atoms with Gasteiger partial charge >= 0.3 is 0 Å². The van der Waals surface area contributed by atoms with E-state index in [0.29, 0.717) is 0 Å². The summed E-state index contributed by atoms with van der Waals surface area (Å²) in [4.78, 5) is 17.6. The largest absolute Gasteiger partial charge is 0.336 e. The smallest absolute Gasteiger partial charge is 0.253 e. The van der Waals surface area contributed by atoms with E-state index in [4.69, 9.17) is 0 Å². The molecule has 1 fully saturated rings. The standard InChI is InChI=1S/C26H24N2OS/c29-26(23-11-12-24-22(19-23)13-18-30-24)28-16-14-27(15-17-28)25(20-7-3-1-4-8-20)21-9-5-2-6-10-21/h1-13,18-19,25H,14-17H2. The van der Waals surface area contributed by atoms with Gasteiger partial charge in [0.15, 0.2) is 0 Å². The van der Waals surface area contributed by atoms with Gasteiger partial charge in [0.2, 0.25) is 0 Å². The van der Waals surface area contributed by atoms with Gasteiger partial charge in [-0.25, -0.2) is 0 Å². The van der Waals surface area contributed by atoms with E-state index in [9.17, 15) is 4.79 Å². The van der Waals surface area contributed by atoms with Gasteiger partial charge in [-0.15, -0.1) is 11.3 Å². The van der Waals surface area contributed by atoms with Gasteiger partial charge in [-0.3, -0.25) is 9.69 Å². The van der Waals surface area contributed by atoms with E-state index < -0.39 is 0 Å². The van der Waals surface area contributed by atoms with Crippen LogP contribution in [0.5, 0.6) is 0 Å². The Morgan fingerprint density at radius 1 is 0.767 bits per heavy atom. The average Bonchev–Trinajstić information content (AvgIpc) is 3.29. The summed E-state index contributed by atoms with van der Waals surface area (Å²) in [6.45, 7) is 3.22. The van der Waals surface area contributed by atoms with Crippen LogP contribution in [0.25, 0.3) is 10.1 Å². The van der Waals surface area contributed by atoms with Gasteiger partial charge < -0.3 is 4.90 Å². The molecule has 0 radical (unpaired) electrons. The van der Waals surface area contributed by atoms with E-state index in [2.05, 4.69) is 83.1 Å². The second kappa shape index (κ2) is 8.42. The molecule has 150 valence electrons. The van der Waals surface area contributed by atoms with Crippen LogP contribution in [0.15, 0.2) is 90.3 Å². The monoisotopic (exact) mass is 412 g/mol. The van der Waals surface area contributed by atoms with Crippen molar-refractivity contribution in [3.63, 3.8) is 0 Å². The molecule has 2 heterocycles. The first-order chi connectivity index (χ1) is 14.8. The van der Waals surface area contributed by atoms with Gasteiger partial charge in [0.05, 0.1) is 6.04 Å². The van der Waals surface area contributed by atoms with Crippen LogP contribution in [0.4, 0.5) is 0 Å². The lowest BCUT2D eigenvalue weighted by molar-refractivity contribution is 0.0597. The van der Waals surface area contributed by atoms with Crippen LogP contribution in [0.2, 0.25) is 0 Å². The van der Waals surface area contributed by atoms with Gasteiger partial charge in [0.1, 0.15) is 0 Å². The first-order valence-electron chi connectivity index (χ1n) is 10.4. The number of thiophene rings is 1. The van der Waals surface area contributed by atoms with Crippen molar-refractivity contribution in [3.8, 4) is 0 Å². The van der Waals surface area contributed by atoms with Crippen molar-refractivity contribution >= 4 is 27.3 Å². The molecule has 1 aliphatic heterocycles. The maximum atomic E-state index is 13.1. The Hall–Kier alpha value is -2.95. The van der Waals surface area contributed by atoms with Gasteiger partial charge in [-0.1, -0.05) is 60.7 Å². The molecule has 0 aliphatic carbocycles. The molecule has 30 heavy (non-hydrogen) atoms. The normalized spacial score (nSPS) is 15.0. The lowest BCUT2D eigenvalue weighted by Crippen LogP contribution is -2.49. The molecule has 4 aromatic rings. The van der Waals surface area contributed by atoms with Crippen molar-refractivity contribution in [1.82, 2.24) is 9.80 Å². The maximum absolute atomic E-state index is 13.1. The Bertz CT molecular complexity index is 1090. The van der Waals surface area contributed by atoms with Crippen molar-refractivity contribution in [2.45, 2.75) is 6.04 Å². The van der Waals surface area contributed by atoms with E-state index in [1.54, 1.807) is 11.3 Å². The van der Waals surface area contributed by atoms with Gasteiger partial charge in [-0.05, 0) is 46.2 Å². The first kappa shape index (κ1) is 19.0. The second-order valence-corrected chi connectivity index (χ2v) is 8.67. The Morgan fingerprint density at radius 2 is 1.40 bits per heavy atom. The van der Waals surface area contributed by atoms with Crippen LogP contribution in [-0.2, 0) is 0 Å². The molecule has 3 aromatic carbocycles. The summed E-state index contributed by atoms with van der Waals surface area (Å²) in [7, 11) is 0. The van der Waals surface area contributed by atoms with E-state index in [-0.39, 0.29) is 11.9 Å². The molecule has 0 bridgehead atoms. The maximum Gasteiger partial charge on any atom is 0.253 e. The zero-order chi connectivity index (χ0) is 20.3. The predicted molar refractivity (Wildman–Crippen MR) is 124 cm³/mol. The summed E-state index contributed by atoms with van der Waals surface area (Å²) >= 11 is 1.71. The quantitative estimate of drug-likeness (QED) is 0.445. The topological polar surface area (TPSA) is 23.6 Å². The molecule has 1 saturated heterocycles. The van der Waals surface area contributed by atoms with Crippen LogP contribution in [0.3, 0.4) is 0 Å². The Morgan fingerprint density at radius 3 is 2.03 bits per heavy atom. The molecule has 1 aliphatic rings. The highest BCUT2D eigenvalue weighted by molar-refractivity contribution is 7.17. The molecule has 3 nitrogen and oxygen atoms in total. The third kappa shape index (κ3) is 3.76. The highest BCUT2D eigenvalue weighted by atomic mass is 32.1. The summed E-state index contributed by atoms with van der Waals surface area (Å²) in [5.74, 6) is 0.138. The third-order valence-electron chi connectivity index (χ3n) is 5.90. The number of amides is 1. The van der Waals surface area contributed by atoms with Crippen LogP contribution < -0.4 is 0 Å². The minimum atomic E-state index is 0.138. The van der Waals surface area contributed by atoms with Crippen molar-refractivity contribution in [1.29, 1.82) is 0 Å². The number of nitrogens with zero attached hydrogens (tertiary/aromatic N) is 2. The fourth-order valence-electron chi connectivity index (χ4n) is 4.35. The molecule has 0 N–H and O–H groups in total. The lowest BCUT2D eigenvalue weighted by Gasteiger charge is -2.39. The van der Waals surface area contributed by atoms with E-state index in [1.807, 2.05) is 17.0 Å². The van der Waals surface area contributed by atoms with Crippen LogP contribution in [0, 0.1) is 0 Å². The van der Waals surface area contributed by atoms with E-state index in [1.165, 1.54) is 15.8 Å². The number of benzene rings is 3. The molecule has 0 atom stereocenters. The van der Waals surface area contributed by atoms with Crippen LogP contribution >= 0.6 is 11.3 Å². The molecule has 5 rings (SSSR count). The number of hydrogen-bond acceptors (Lipinski definition) is 3. The number of piperazine rings is 1. The zero-order valence-corrected chi connectivity index (χ0v) is 17.6. The number of hydrogen-bond donors (Lipinski definition) is 0. The molecule has 0 unspecified atom stereocenters. The molecule has 0 saturated carbocycles. The lowest BCUT2D eigenvalue weighted by atomic mass is 9.96. The van der Waals surface area contributed by atoms with Crippen LogP contribution in [-0.4, -0.2) is 41.9 Å². The molecule has 1 aromatic heterocycles. The zero-order valence-electron chi connectivity index (χ0n) is 16.8. The van der Waals surface area contributed by atoms with Crippen molar-refractivity contribution in [2.75, 3.05) is 26.2 Å².